The summed E-state index contributed by atoms with van der Waals surface area (Å²) in [7, 11) is 0. The molecule has 0 spiro atoms. The van der Waals surface area contributed by atoms with E-state index >= 15 is 0 Å². The molecular weight excluding hydrogens is 582 g/mol. The average molecular weight is 612 g/mol. The number of benzene rings is 4. The van der Waals surface area contributed by atoms with Gasteiger partial charge in [0.1, 0.15) is 16.9 Å². The number of fused-ring (bicyclic) bond motifs is 4. The van der Waals surface area contributed by atoms with E-state index in [0.717, 1.165) is 10.9 Å². The number of alkyl halides is 1. The van der Waals surface area contributed by atoms with Crippen molar-refractivity contribution in [2.45, 2.75) is 32.3 Å². The molecule has 0 saturated carbocycles. The summed E-state index contributed by atoms with van der Waals surface area (Å²) >= 11 is 6.33. The quantitative estimate of drug-likeness (QED) is 0.174. The zero-order chi connectivity index (χ0) is 31.2. The van der Waals surface area contributed by atoms with E-state index < -0.39 is 11.7 Å². The van der Waals surface area contributed by atoms with E-state index in [-0.39, 0.29) is 29.2 Å². The fourth-order valence-corrected chi connectivity index (χ4v) is 5.69. The van der Waals surface area contributed by atoms with Gasteiger partial charge in [-0.3, -0.25) is 14.9 Å². The SMILES string of the molecule is CC(C)(C)OC(=O)Nc1ccc(C(=O)Nc2ccc3oc(C(=O)N4C[C@@H](CCl)c5c4cc(O)c4ccccc54)cc3c2)cc1. The summed E-state index contributed by atoms with van der Waals surface area (Å²) in [6.07, 6.45) is -0.583. The molecule has 6 rings (SSSR count). The Balaban J connectivity index is 1.19. The van der Waals surface area contributed by atoms with Crippen molar-refractivity contribution < 1.29 is 28.6 Å². The normalized spacial score (nSPS) is 14.5. The summed E-state index contributed by atoms with van der Waals surface area (Å²) in [4.78, 5) is 40.2. The first-order valence-corrected chi connectivity index (χ1v) is 14.6. The van der Waals surface area contributed by atoms with Crippen molar-refractivity contribution in [3.63, 3.8) is 0 Å². The molecule has 5 aromatic rings. The van der Waals surface area contributed by atoms with E-state index in [1.54, 1.807) is 80.3 Å². The van der Waals surface area contributed by atoms with Crippen LogP contribution in [-0.2, 0) is 4.74 Å². The van der Waals surface area contributed by atoms with E-state index in [1.165, 1.54) is 0 Å². The first-order valence-electron chi connectivity index (χ1n) is 14.1. The molecule has 3 N–H and O–H groups in total. The van der Waals surface area contributed by atoms with Crippen LogP contribution in [0.25, 0.3) is 21.7 Å². The number of aromatic hydroxyl groups is 1. The molecule has 3 amide bonds. The van der Waals surface area contributed by atoms with Gasteiger partial charge in [-0.05, 0) is 80.3 Å². The second kappa shape index (κ2) is 11.2. The third-order valence-corrected chi connectivity index (χ3v) is 7.73. The molecular formula is C34H30ClN3O6. The number of halogens is 1. The number of nitrogens with one attached hydrogen (secondary N) is 2. The van der Waals surface area contributed by atoms with Crippen LogP contribution in [0.5, 0.6) is 5.75 Å². The Morgan fingerprint density at radius 1 is 0.955 bits per heavy atom. The van der Waals surface area contributed by atoms with Gasteiger partial charge >= 0.3 is 6.09 Å². The van der Waals surface area contributed by atoms with Crippen LogP contribution in [0.3, 0.4) is 0 Å². The Morgan fingerprint density at radius 2 is 1.66 bits per heavy atom. The van der Waals surface area contributed by atoms with Gasteiger partial charge in [-0.25, -0.2) is 4.79 Å². The molecule has 1 aliphatic rings. The lowest BCUT2D eigenvalue weighted by Crippen LogP contribution is -2.29. The first-order chi connectivity index (χ1) is 21.0. The number of carbonyl (C=O) groups is 3. The lowest BCUT2D eigenvalue weighted by atomic mass is 9.95. The van der Waals surface area contributed by atoms with Gasteiger partial charge in [0.15, 0.2) is 5.76 Å². The summed E-state index contributed by atoms with van der Waals surface area (Å²) in [5.74, 6) is -0.264. The number of anilines is 3. The highest BCUT2D eigenvalue weighted by Crippen LogP contribution is 2.45. The van der Waals surface area contributed by atoms with Gasteiger partial charge in [0, 0.05) is 52.1 Å². The predicted octanol–water partition coefficient (Wildman–Crippen LogP) is 7.87. The summed E-state index contributed by atoms with van der Waals surface area (Å²) in [5, 5.41) is 18.4. The largest absolute Gasteiger partial charge is 0.507 e. The average Bonchev–Trinajstić information content (AvgIpc) is 3.57. The predicted molar refractivity (Wildman–Crippen MR) is 171 cm³/mol. The monoisotopic (exact) mass is 611 g/mol. The molecule has 10 heteroatoms. The summed E-state index contributed by atoms with van der Waals surface area (Å²) in [6, 6.07) is 22.3. The number of amides is 3. The number of furan rings is 1. The second-order valence-electron chi connectivity index (χ2n) is 11.7. The maximum Gasteiger partial charge on any atom is 0.412 e. The summed E-state index contributed by atoms with van der Waals surface area (Å²) in [5.41, 5.74) is 2.80. The number of hydrogen-bond donors (Lipinski definition) is 3. The Hall–Kier alpha value is -5.02. The number of ether oxygens (including phenoxy) is 1. The van der Waals surface area contributed by atoms with Gasteiger partial charge in [0.05, 0.1) is 5.69 Å². The molecule has 1 aromatic heterocycles. The molecule has 0 fully saturated rings. The second-order valence-corrected chi connectivity index (χ2v) is 12.0. The molecule has 2 heterocycles. The molecule has 1 atom stereocenters. The Labute approximate surface area is 258 Å². The number of nitrogens with zero attached hydrogens (tertiary/aromatic N) is 1. The Morgan fingerprint density at radius 3 is 2.36 bits per heavy atom. The van der Waals surface area contributed by atoms with Crippen molar-refractivity contribution in [3.05, 3.63) is 95.7 Å². The minimum Gasteiger partial charge on any atom is -0.507 e. The Kier molecular flexibility index (Phi) is 7.43. The van der Waals surface area contributed by atoms with Gasteiger partial charge in [-0.1, -0.05) is 24.3 Å². The first kappa shape index (κ1) is 29.1. The van der Waals surface area contributed by atoms with E-state index in [4.69, 9.17) is 20.8 Å². The van der Waals surface area contributed by atoms with Crippen LogP contribution in [0, 0.1) is 0 Å². The molecule has 0 unspecified atom stereocenters. The Bertz CT molecular complexity index is 1930. The van der Waals surface area contributed by atoms with Crippen LogP contribution in [-0.4, -0.2) is 41.0 Å². The van der Waals surface area contributed by atoms with Crippen molar-refractivity contribution in [1.29, 1.82) is 0 Å². The van der Waals surface area contributed by atoms with Crippen molar-refractivity contribution in [2.75, 3.05) is 28.0 Å². The molecule has 9 nitrogen and oxygen atoms in total. The number of phenolic OH excluding ortho intramolecular Hbond substituents is 1. The van der Waals surface area contributed by atoms with Crippen LogP contribution in [0.15, 0.2) is 83.3 Å². The molecule has 4 aromatic carbocycles. The molecule has 0 saturated heterocycles. The minimum atomic E-state index is -0.625. The van der Waals surface area contributed by atoms with Crippen LogP contribution in [0.2, 0.25) is 0 Å². The van der Waals surface area contributed by atoms with E-state index in [1.807, 2.05) is 24.3 Å². The van der Waals surface area contributed by atoms with Crippen LogP contribution in [0.4, 0.5) is 21.9 Å². The lowest BCUT2D eigenvalue weighted by Gasteiger charge is -2.19. The standard InChI is InChI=1S/C34H30ClN3O6/c1-34(2,3)44-33(42)37-22-10-8-19(9-11-22)31(40)36-23-12-13-28-20(14-23)15-29(43-28)32(41)38-18-21(17-35)30-25-7-5-4-6-24(25)27(39)16-26(30)38/h4-16,21,39H,17-18H2,1-3H3,(H,36,40)(H,37,42)/t21-/m1/s1. The summed E-state index contributed by atoms with van der Waals surface area (Å²) < 4.78 is 11.2. The van der Waals surface area contributed by atoms with Gasteiger partial charge in [0.25, 0.3) is 11.8 Å². The van der Waals surface area contributed by atoms with Crippen molar-refractivity contribution >= 4 is 68.3 Å². The molecule has 0 radical (unpaired) electrons. The molecule has 44 heavy (non-hydrogen) atoms. The van der Waals surface area contributed by atoms with Crippen LogP contribution >= 0.6 is 11.6 Å². The number of phenols is 1. The fraction of sp³-hybridized carbons (Fsp3) is 0.206. The highest BCUT2D eigenvalue weighted by atomic mass is 35.5. The fourth-order valence-electron chi connectivity index (χ4n) is 5.43. The van der Waals surface area contributed by atoms with E-state index in [9.17, 15) is 19.5 Å². The highest BCUT2D eigenvalue weighted by molar-refractivity contribution is 6.19. The minimum absolute atomic E-state index is 0.0892. The highest BCUT2D eigenvalue weighted by Gasteiger charge is 2.36. The zero-order valence-electron chi connectivity index (χ0n) is 24.3. The van der Waals surface area contributed by atoms with Crippen molar-refractivity contribution in [2.24, 2.45) is 0 Å². The van der Waals surface area contributed by atoms with Crippen LogP contribution in [0.1, 0.15) is 53.2 Å². The number of rotatable bonds is 5. The van der Waals surface area contributed by atoms with E-state index in [2.05, 4.69) is 10.6 Å². The van der Waals surface area contributed by atoms with Gasteiger partial charge in [-0.15, -0.1) is 11.6 Å². The molecule has 224 valence electrons. The maximum atomic E-state index is 13.7. The third kappa shape index (κ3) is 5.66. The van der Waals surface area contributed by atoms with E-state index in [0.29, 0.717) is 51.4 Å². The lowest BCUT2D eigenvalue weighted by molar-refractivity contribution is 0.0635. The van der Waals surface area contributed by atoms with Gasteiger partial charge < -0.3 is 24.5 Å². The number of carbonyl (C=O) groups excluding carboxylic acids is 3. The molecule has 1 aliphatic heterocycles. The van der Waals surface area contributed by atoms with Gasteiger partial charge in [0.2, 0.25) is 0 Å². The van der Waals surface area contributed by atoms with Crippen LogP contribution < -0.4 is 15.5 Å². The zero-order valence-corrected chi connectivity index (χ0v) is 25.1. The number of hydrogen-bond acceptors (Lipinski definition) is 6. The third-order valence-electron chi connectivity index (χ3n) is 7.35. The van der Waals surface area contributed by atoms with Crippen molar-refractivity contribution in [1.82, 2.24) is 0 Å². The smallest absolute Gasteiger partial charge is 0.412 e. The van der Waals surface area contributed by atoms with Crippen molar-refractivity contribution in [3.8, 4) is 5.75 Å². The molecule has 0 aliphatic carbocycles. The maximum absolute atomic E-state index is 13.7. The van der Waals surface area contributed by atoms with Gasteiger partial charge in [-0.2, -0.15) is 0 Å². The topological polar surface area (TPSA) is 121 Å². The summed E-state index contributed by atoms with van der Waals surface area (Å²) in [6.45, 7) is 5.68. The molecule has 0 bridgehead atoms.